The Labute approximate surface area is 124 Å². The van der Waals surface area contributed by atoms with Gasteiger partial charge in [-0.2, -0.15) is 15.0 Å². The van der Waals surface area contributed by atoms with Crippen LogP contribution in [0, 0.1) is 11.6 Å². The van der Waals surface area contributed by atoms with Crippen LogP contribution in [0.5, 0.6) is 6.01 Å². The molecule has 2 aromatic rings. The van der Waals surface area contributed by atoms with E-state index in [2.05, 4.69) is 20.4 Å². The van der Waals surface area contributed by atoms with E-state index in [-0.39, 0.29) is 22.0 Å². The highest BCUT2D eigenvalue weighted by molar-refractivity contribution is 7.99. The van der Waals surface area contributed by atoms with E-state index in [1.807, 2.05) is 6.92 Å². The average molecular weight is 313 g/mol. The van der Waals surface area contributed by atoms with Crippen LogP contribution < -0.4 is 16.0 Å². The van der Waals surface area contributed by atoms with E-state index in [0.29, 0.717) is 6.61 Å². The predicted octanol–water partition coefficient (Wildman–Crippen LogP) is 2.38. The standard InChI is InChI=1S/C12H13F2N5OS/c1-2-5-20-11-16-10(19-15)17-12(18-11)21-9-4-3-7(13)6-8(9)14/h3-4,6H,2,5,15H2,1H3,(H,16,17,18,19). The summed E-state index contributed by atoms with van der Waals surface area (Å²) in [6, 6.07) is 3.34. The van der Waals surface area contributed by atoms with E-state index in [1.165, 1.54) is 6.07 Å². The number of halogens is 2. The summed E-state index contributed by atoms with van der Waals surface area (Å²) in [6.45, 7) is 2.37. The zero-order chi connectivity index (χ0) is 15.2. The van der Waals surface area contributed by atoms with Gasteiger partial charge in [0.2, 0.25) is 11.1 Å². The van der Waals surface area contributed by atoms with Gasteiger partial charge in [-0.15, -0.1) is 0 Å². The minimum Gasteiger partial charge on any atom is -0.463 e. The van der Waals surface area contributed by atoms with E-state index >= 15 is 0 Å². The molecule has 2 rings (SSSR count). The number of nitrogens with one attached hydrogen (secondary N) is 1. The molecule has 0 atom stereocenters. The van der Waals surface area contributed by atoms with Gasteiger partial charge in [-0.1, -0.05) is 6.92 Å². The molecule has 0 spiro atoms. The maximum Gasteiger partial charge on any atom is 0.322 e. The van der Waals surface area contributed by atoms with E-state index < -0.39 is 11.6 Å². The molecule has 0 radical (unpaired) electrons. The number of nitrogens with zero attached hydrogens (tertiary/aromatic N) is 3. The lowest BCUT2D eigenvalue weighted by atomic mass is 10.3. The van der Waals surface area contributed by atoms with Gasteiger partial charge in [0.15, 0.2) is 0 Å². The minimum absolute atomic E-state index is 0.0878. The van der Waals surface area contributed by atoms with Crippen molar-refractivity contribution in [2.24, 2.45) is 5.84 Å². The summed E-state index contributed by atoms with van der Waals surface area (Å²) in [6.07, 6.45) is 0.784. The van der Waals surface area contributed by atoms with Crippen molar-refractivity contribution in [2.45, 2.75) is 23.4 Å². The molecule has 0 amide bonds. The minimum atomic E-state index is -0.696. The van der Waals surface area contributed by atoms with Gasteiger partial charge in [0.25, 0.3) is 0 Å². The molecule has 9 heteroatoms. The second-order valence-electron chi connectivity index (χ2n) is 3.89. The Morgan fingerprint density at radius 1 is 1.29 bits per heavy atom. The first-order valence-corrected chi connectivity index (χ1v) is 6.92. The van der Waals surface area contributed by atoms with Crippen molar-refractivity contribution in [3.63, 3.8) is 0 Å². The summed E-state index contributed by atoms with van der Waals surface area (Å²) >= 11 is 0.921. The summed E-state index contributed by atoms with van der Waals surface area (Å²) < 4.78 is 31.8. The van der Waals surface area contributed by atoms with Crippen molar-refractivity contribution in [1.82, 2.24) is 15.0 Å². The maximum atomic E-state index is 13.6. The van der Waals surface area contributed by atoms with Gasteiger partial charge in [0, 0.05) is 6.07 Å². The van der Waals surface area contributed by atoms with Crippen LogP contribution >= 0.6 is 11.8 Å². The molecule has 112 valence electrons. The molecule has 0 saturated heterocycles. The average Bonchev–Trinajstić information content (AvgIpc) is 2.48. The molecule has 0 aliphatic heterocycles. The lowest BCUT2D eigenvalue weighted by molar-refractivity contribution is 0.288. The molecular formula is C12H13F2N5OS. The second-order valence-corrected chi connectivity index (χ2v) is 4.90. The number of hydrazine groups is 1. The number of rotatable bonds is 6. The quantitative estimate of drug-likeness (QED) is 0.625. The first kappa shape index (κ1) is 15.4. The van der Waals surface area contributed by atoms with Crippen LogP contribution in [0.2, 0.25) is 0 Å². The molecule has 1 aromatic heterocycles. The van der Waals surface area contributed by atoms with Crippen molar-refractivity contribution in [1.29, 1.82) is 0 Å². The number of anilines is 1. The third-order valence-electron chi connectivity index (χ3n) is 2.25. The smallest absolute Gasteiger partial charge is 0.322 e. The Morgan fingerprint density at radius 3 is 2.76 bits per heavy atom. The highest BCUT2D eigenvalue weighted by Crippen LogP contribution is 2.28. The molecule has 3 N–H and O–H groups in total. The fourth-order valence-corrected chi connectivity index (χ4v) is 2.11. The molecule has 0 aliphatic rings. The number of ether oxygens (including phenoxy) is 1. The van der Waals surface area contributed by atoms with Crippen LogP contribution in [-0.4, -0.2) is 21.6 Å². The Hall–Kier alpha value is -2.00. The molecule has 0 saturated carbocycles. The van der Waals surface area contributed by atoms with Gasteiger partial charge in [-0.05, 0) is 30.3 Å². The second kappa shape index (κ2) is 7.14. The lowest BCUT2D eigenvalue weighted by Gasteiger charge is -2.07. The molecule has 1 heterocycles. The van der Waals surface area contributed by atoms with Crippen molar-refractivity contribution < 1.29 is 13.5 Å². The molecule has 21 heavy (non-hydrogen) atoms. The van der Waals surface area contributed by atoms with Crippen LogP contribution in [-0.2, 0) is 0 Å². The number of benzene rings is 1. The molecule has 6 nitrogen and oxygen atoms in total. The third-order valence-corrected chi connectivity index (χ3v) is 3.17. The number of hydrogen-bond acceptors (Lipinski definition) is 7. The highest BCUT2D eigenvalue weighted by atomic mass is 32.2. The molecule has 1 aromatic carbocycles. The normalized spacial score (nSPS) is 10.5. The monoisotopic (exact) mass is 313 g/mol. The maximum absolute atomic E-state index is 13.6. The van der Waals surface area contributed by atoms with Gasteiger partial charge in [-0.3, -0.25) is 5.43 Å². The fourth-order valence-electron chi connectivity index (χ4n) is 1.36. The largest absolute Gasteiger partial charge is 0.463 e. The molecule has 0 aliphatic carbocycles. The van der Waals surface area contributed by atoms with Crippen LogP contribution in [0.1, 0.15) is 13.3 Å². The number of nitrogens with two attached hydrogens (primary N) is 1. The summed E-state index contributed by atoms with van der Waals surface area (Å²) in [7, 11) is 0. The number of hydrogen-bond donors (Lipinski definition) is 2. The fraction of sp³-hybridized carbons (Fsp3) is 0.250. The Morgan fingerprint density at radius 2 is 2.10 bits per heavy atom. The summed E-state index contributed by atoms with van der Waals surface area (Å²) in [5.41, 5.74) is 2.28. The summed E-state index contributed by atoms with van der Waals surface area (Å²) in [5, 5.41) is 0.189. The Kier molecular flexibility index (Phi) is 5.23. The Balaban J connectivity index is 2.25. The van der Waals surface area contributed by atoms with Gasteiger partial charge >= 0.3 is 6.01 Å². The van der Waals surface area contributed by atoms with Gasteiger partial charge in [0.1, 0.15) is 11.6 Å². The zero-order valence-corrected chi connectivity index (χ0v) is 12.0. The van der Waals surface area contributed by atoms with Crippen LogP contribution in [0.4, 0.5) is 14.7 Å². The number of aromatic nitrogens is 3. The topological polar surface area (TPSA) is 86.0 Å². The zero-order valence-electron chi connectivity index (χ0n) is 11.1. The first-order valence-electron chi connectivity index (χ1n) is 6.10. The van der Waals surface area contributed by atoms with Gasteiger partial charge in [0.05, 0.1) is 11.5 Å². The van der Waals surface area contributed by atoms with E-state index in [4.69, 9.17) is 10.6 Å². The van der Waals surface area contributed by atoms with Gasteiger partial charge < -0.3 is 4.74 Å². The molecular weight excluding hydrogens is 300 g/mol. The molecule has 0 unspecified atom stereocenters. The SMILES string of the molecule is CCCOc1nc(NN)nc(Sc2ccc(F)cc2F)n1. The van der Waals surface area contributed by atoms with Crippen LogP contribution in [0.3, 0.4) is 0 Å². The van der Waals surface area contributed by atoms with Crippen molar-refractivity contribution in [2.75, 3.05) is 12.0 Å². The first-order chi connectivity index (χ1) is 10.1. The Bertz CT molecular complexity index is 629. The third kappa shape index (κ3) is 4.23. The highest BCUT2D eigenvalue weighted by Gasteiger charge is 2.11. The van der Waals surface area contributed by atoms with Gasteiger partial charge in [-0.25, -0.2) is 14.6 Å². The van der Waals surface area contributed by atoms with Crippen molar-refractivity contribution in [3.8, 4) is 6.01 Å². The van der Waals surface area contributed by atoms with E-state index in [1.54, 1.807) is 0 Å². The van der Waals surface area contributed by atoms with Crippen LogP contribution in [0.25, 0.3) is 0 Å². The molecule has 0 bridgehead atoms. The van der Waals surface area contributed by atoms with E-state index in [0.717, 1.165) is 30.3 Å². The predicted molar refractivity (Wildman–Crippen MR) is 73.9 cm³/mol. The van der Waals surface area contributed by atoms with E-state index in [9.17, 15) is 8.78 Å². The molecule has 0 fully saturated rings. The van der Waals surface area contributed by atoms with Crippen molar-refractivity contribution >= 4 is 17.7 Å². The summed E-state index contributed by atoms with van der Waals surface area (Å²) in [5.74, 6) is 4.02. The van der Waals surface area contributed by atoms with Crippen LogP contribution in [0.15, 0.2) is 28.3 Å². The number of nitrogen functional groups attached to an aromatic ring is 1. The lowest BCUT2D eigenvalue weighted by Crippen LogP contribution is -2.13. The van der Waals surface area contributed by atoms with Crippen molar-refractivity contribution in [3.05, 3.63) is 29.8 Å². The summed E-state index contributed by atoms with van der Waals surface area (Å²) in [4.78, 5) is 12.1.